The maximum absolute atomic E-state index is 11.7. The van der Waals surface area contributed by atoms with Crippen molar-refractivity contribution in [1.82, 2.24) is 9.55 Å². The highest BCUT2D eigenvalue weighted by atomic mass is 16.3. The van der Waals surface area contributed by atoms with Gasteiger partial charge >= 0.3 is 5.69 Å². The Morgan fingerprint density at radius 2 is 2.20 bits per heavy atom. The molecule has 15 heavy (non-hydrogen) atoms. The lowest BCUT2D eigenvalue weighted by molar-refractivity contribution is 0.314. The molecular weight excluding hydrogens is 192 g/mol. The Bertz CT molecular complexity index is 563. The number of phenols is 1. The van der Waals surface area contributed by atoms with E-state index in [2.05, 4.69) is 4.98 Å². The maximum atomic E-state index is 11.7. The molecule has 0 unspecified atom stereocenters. The van der Waals surface area contributed by atoms with Gasteiger partial charge in [-0.2, -0.15) is 0 Å². The van der Waals surface area contributed by atoms with E-state index in [0.717, 1.165) is 23.9 Å². The second kappa shape index (κ2) is 2.89. The summed E-state index contributed by atoms with van der Waals surface area (Å²) < 4.78 is 1.76. The second-order valence-electron chi connectivity index (χ2n) is 4.09. The van der Waals surface area contributed by atoms with Crippen molar-refractivity contribution in [3.05, 3.63) is 28.7 Å². The lowest BCUT2D eigenvalue weighted by atomic mass is 9.93. The number of nitrogens with one attached hydrogen (secondary N) is 1. The van der Waals surface area contributed by atoms with Crippen molar-refractivity contribution in [2.24, 2.45) is 0 Å². The maximum Gasteiger partial charge on any atom is 0.326 e. The van der Waals surface area contributed by atoms with E-state index in [1.807, 2.05) is 0 Å². The first-order chi connectivity index (χ1) is 7.25. The van der Waals surface area contributed by atoms with Crippen LogP contribution in [-0.2, 0) is 0 Å². The first-order valence-corrected chi connectivity index (χ1v) is 5.19. The summed E-state index contributed by atoms with van der Waals surface area (Å²) >= 11 is 0. The molecule has 1 aromatic heterocycles. The van der Waals surface area contributed by atoms with Gasteiger partial charge in [-0.25, -0.2) is 4.79 Å². The molecule has 1 heterocycles. The standard InChI is InChI=1S/C11H12N2O2/c14-8-4-5-9-10(6-8)13(11(15)12-9)7-2-1-3-7/h4-7,14H,1-3H2,(H,12,15). The van der Waals surface area contributed by atoms with Gasteiger partial charge in [-0.1, -0.05) is 0 Å². The normalized spacial score (nSPS) is 16.8. The smallest absolute Gasteiger partial charge is 0.326 e. The number of benzene rings is 1. The zero-order valence-electron chi connectivity index (χ0n) is 8.23. The number of phenolic OH excluding ortho intramolecular Hbond substituents is 1. The molecule has 2 aromatic rings. The predicted octanol–water partition coefficient (Wildman–Crippen LogP) is 1.76. The third-order valence-electron chi connectivity index (χ3n) is 3.14. The summed E-state index contributed by atoms with van der Waals surface area (Å²) in [5, 5.41) is 9.41. The van der Waals surface area contributed by atoms with E-state index in [1.54, 1.807) is 22.8 Å². The lowest BCUT2D eigenvalue weighted by Gasteiger charge is -2.26. The number of H-pyrrole nitrogens is 1. The lowest BCUT2D eigenvalue weighted by Crippen LogP contribution is -2.26. The van der Waals surface area contributed by atoms with Crippen molar-refractivity contribution in [2.75, 3.05) is 0 Å². The van der Waals surface area contributed by atoms with Gasteiger partial charge < -0.3 is 10.1 Å². The van der Waals surface area contributed by atoms with Crippen LogP contribution in [0, 0.1) is 0 Å². The minimum Gasteiger partial charge on any atom is -0.508 e. The number of hydrogen-bond acceptors (Lipinski definition) is 2. The number of aromatic amines is 1. The van der Waals surface area contributed by atoms with Crippen LogP contribution in [0.1, 0.15) is 25.3 Å². The van der Waals surface area contributed by atoms with Gasteiger partial charge in [-0.3, -0.25) is 4.57 Å². The fraction of sp³-hybridized carbons (Fsp3) is 0.364. The summed E-state index contributed by atoms with van der Waals surface area (Å²) in [5.74, 6) is 0.203. The van der Waals surface area contributed by atoms with Crippen molar-refractivity contribution in [3.8, 4) is 5.75 Å². The van der Waals surface area contributed by atoms with Crippen LogP contribution in [0.2, 0.25) is 0 Å². The molecule has 1 aliphatic rings. The van der Waals surface area contributed by atoms with E-state index in [-0.39, 0.29) is 11.4 Å². The Hall–Kier alpha value is -1.71. The Balaban J connectivity index is 2.29. The Morgan fingerprint density at radius 1 is 1.40 bits per heavy atom. The number of hydrogen-bond donors (Lipinski definition) is 2. The highest BCUT2D eigenvalue weighted by Gasteiger charge is 2.23. The zero-order chi connectivity index (χ0) is 10.4. The molecule has 1 aromatic carbocycles. The van der Waals surface area contributed by atoms with Crippen LogP contribution >= 0.6 is 0 Å². The first kappa shape index (κ1) is 8.59. The second-order valence-corrected chi connectivity index (χ2v) is 4.09. The molecule has 0 spiro atoms. The van der Waals surface area contributed by atoms with Gasteiger partial charge in [0.15, 0.2) is 0 Å². The summed E-state index contributed by atoms with van der Waals surface area (Å²) in [5.41, 5.74) is 1.54. The number of aromatic nitrogens is 2. The average molecular weight is 204 g/mol. The van der Waals surface area contributed by atoms with Crippen molar-refractivity contribution < 1.29 is 5.11 Å². The topological polar surface area (TPSA) is 58.0 Å². The molecule has 4 heteroatoms. The average Bonchev–Trinajstić information content (AvgIpc) is 2.42. The van der Waals surface area contributed by atoms with Crippen molar-refractivity contribution >= 4 is 11.0 Å². The first-order valence-electron chi connectivity index (χ1n) is 5.19. The minimum absolute atomic E-state index is 0.0692. The molecule has 1 saturated carbocycles. The summed E-state index contributed by atoms with van der Waals surface area (Å²) in [7, 11) is 0. The zero-order valence-corrected chi connectivity index (χ0v) is 8.23. The van der Waals surface area contributed by atoms with Crippen LogP contribution in [-0.4, -0.2) is 14.7 Å². The van der Waals surface area contributed by atoms with E-state index in [9.17, 15) is 9.90 Å². The van der Waals surface area contributed by atoms with Gasteiger partial charge in [0, 0.05) is 12.1 Å². The predicted molar refractivity (Wildman–Crippen MR) is 57.1 cm³/mol. The number of aromatic hydroxyl groups is 1. The van der Waals surface area contributed by atoms with E-state index in [0.29, 0.717) is 6.04 Å². The van der Waals surface area contributed by atoms with Gasteiger partial charge in [-0.05, 0) is 31.4 Å². The molecule has 78 valence electrons. The molecular formula is C11H12N2O2. The van der Waals surface area contributed by atoms with Crippen molar-refractivity contribution in [1.29, 1.82) is 0 Å². The monoisotopic (exact) mass is 204 g/mol. The van der Waals surface area contributed by atoms with Crippen molar-refractivity contribution in [2.45, 2.75) is 25.3 Å². The Morgan fingerprint density at radius 3 is 2.87 bits per heavy atom. The molecule has 0 aliphatic heterocycles. The van der Waals surface area contributed by atoms with E-state index in [4.69, 9.17) is 0 Å². The number of imidazole rings is 1. The quantitative estimate of drug-likeness (QED) is 0.743. The number of rotatable bonds is 1. The van der Waals surface area contributed by atoms with Gasteiger partial charge in [0.25, 0.3) is 0 Å². The van der Waals surface area contributed by atoms with Gasteiger partial charge in [0.05, 0.1) is 11.0 Å². The van der Waals surface area contributed by atoms with Crippen LogP contribution in [0.25, 0.3) is 11.0 Å². The third-order valence-corrected chi connectivity index (χ3v) is 3.14. The highest BCUT2D eigenvalue weighted by Crippen LogP contribution is 2.33. The van der Waals surface area contributed by atoms with E-state index >= 15 is 0 Å². The molecule has 0 amide bonds. The summed E-state index contributed by atoms with van der Waals surface area (Å²) in [6, 6.07) is 5.28. The fourth-order valence-corrected chi connectivity index (χ4v) is 2.12. The highest BCUT2D eigenvalue weighted by molar-refractivity contribution is 5.77. The molecule has 0 saturated heterocycles. The molecule has 0 atom stereocenters. The fourth-order valence-electron chi connectivity index (χ4n) is 2.12. The van der Waals surface area contributed by atoms with Crippen LogP contribution in [0.5, 0.6) is 5.75 Å². The van der Waals surface area contributed by atoms with Crippen LogP contribution in [0.3, 0.4) is 0 Å². The molecule has 1 fully saturated rings. The van der Waals surface area contributed by atoms with Gasteiger partial charge in [0.2, 0.25) is 0 Å². The van der Waals surface area contributed by atoms with Crippen molar-refractivity contribution in [3.63, 3.8) is 0 Å². The molecule has 3 rings (SSSR count). The van der Waals surface area contributed by atoms with Gasteiger partial charge in [0.1, 0.15) is 5.75 Å². The van der Waals surface area contributed by atoms with E-state index < -0.39 is 0 Å². The number of nitrogens with zero attached hydrogens (tertiary/aromatic N) is 1. The van der Waals surface area contributed by atoms with Crippen LogP contribution in [0.4, 0.5) is 0 Å². The summed E-state index contributed by atoms with van der Waals surface area (Å²) in [4.78, 5) is 14.5. The molecule has 1 aliphatic carbocycles. The summed E-state index contributed by atoms with van der Waals surface area (Å²) in [6.45, 7) is 0. The Kier molecular flexibility index (Phi) is 1.65. The molecule has 4 nitrogen and oxygen atoms in total. The largest absolute Gasteiger partial charge is 0.508 e. The molecule has 0 bridgehead atoms. The van der Waals surface area contributed by atoms with Crippen LogP contribution in [0.15, 0.2) is 23.0 Å². The third kappa shape index (κ3) is 1.17. The van der Waals surface area contributed by atoms with E-state index in [1.165, 1.54) is 6.42 Å². The summed E-state index contributed by atoms with van der Waals surface area (Å²) in [6.07, 6.45) is 3.30. The van der Waals surface area contributed by atoms with Gasteiger partial charge in [-0.15, -0.1) is 0 Å². The molecule has 0 radical (unpaired) electrons. The number of fused-ring (bicyclic) bond motifs is 1. The minimum atomic E-state index is -0.0692. The van der Waals surface area contributed by atoms with Crippen LogP contribution < -0.4 is 5.69 Å². The molecule has 2 N–H and O–H groups in total. The SMILES string of the molecule is O=c1[nH]c2ccc(O)cc2n1C1CCC1. The Labute approximate surface area is 86.2 Å².